The van der Waals surface area contributed by atoms with E-state index >= 15 is 0 Å². The van der Waals surface area contributed by atoms with E-state index in [1.165, 1.54) is 0 Å². The van der Waals surface area contributed by atoms with Crippen LogP contribution in [0.5, 0.6) is 0 Å². The van der Waals surface area contributed by atoms with E-state index < -0.39 is 7.49 Å². The maximum absolute atomic E-state index is 13.8. The van der Waals surface area contributed by atoms with Crippen LogP contribution in [0.1, 0.15) is 0 Å². The normalized spacial score (nSPS) is 11.2. The van der Waals surface area contributed by atoms with Gasteiger partial charge in [0.1, 0.15) is 15.9 Å². The monoisotopic (exact) mass is 278 g/mol. The van der Waals surface area contributed by atoms with Crippen LogP contribution in [0.15, 0.2) is 91.0 Å². The highest BCUT2D eigenvalue weighted by molar-refractivity contribution is 7.90. The Labute approximate surface area is 120 Å². The summed E-state index contributed by atoms with van der Waals surface area (Å²) >= 11 is 0. The van der Waals surface area contributed by atoms with E-state index in [1.807, 2.05) is 91.0 Å². The molecule has 2 heteroatoms. The molecule has 0 aliphatic carbocycles. The van der Waals surface area contributed by atoms with Gasteiger partial charge in [0.2, 0.25) is 0 Å². The minimum atomic E-state index is -2.78. The fourth-order valence-electron chi connectivity index (χ4n) is 2.36. The Morgan fingerprint density at radius 2 is 0.700 bits per heavy atom. The zero-order chi connectivity index (χ0) is 13.8. The molecule has 0 saturated heterocycles. The van der Waals surface area contributed by atoms with Gasteiger partial charge < -0.3 is 0 Å². The van der Waals surface area contributed by atoms with Crippen LogP contribution in [-0.2, 0) is 4.89 Å². The molecule has 0 bridgehead atoms. The van der Waals surface area contributed by atoms with Gasteiger partial charge in [0.25, 0.3) is 7.49 Å². The predicted molar refractivity (Wildman–Crippen MR) is 85.8 cm³/mol. The standard InChI is InChI=1S/C18H15OP/c19-20(16-10-4-1-5-11-16,17-12-6-2-7-13-17)18-14-8-3-9-15-18/h1-15H/q+1. The highest BCUT2D eigenvalue weighted by atomic mass is 31.2. The molecule has 1 nitrogen and oxygen atoms in total. The molecule has 0 aliphatic heterocycles. The SMILES string of the molecule is [O][P+](c1ccccc1)(c1ccccc1)c1ccccc1. The van der Waals surface area contributed by atoms with Gasteiger partial charge in [0.15, 0.2) is 0 Å². The van der Waals surface area contributed by atoms with Crippen molar-refractivity contribution < 1.29 is 4.89 Å². The fourth-order valence-corrected chi connectivity index (χ4v) is 5.03. The Morgan fingerprint density at radius 3 is 0.950 bits per heavy atom. The van der Waals surface area contributed by atoms with E-state index in [4.69, 9.17) is 0 Å². The van der Waals surface area contributed by atoms with Gasteiger partial charge in [-0.3, -0.25) is 0 Å². The molecule has 0 atom stereocenters. The number of benzene rings is 3. The Hall–Kier alpha value is -1.95. The predicted octanol–water partition coefficient (Wildman–Crippen LogP) is 3.33. The lowest BCUT2D eigenvalue weighted by Crippen LogP contribution is -2.29. The van der Waals surface area contributed by atoms with Crippen molar-refractivity contribution in [3.05, 3.63) is 91.0 Å². The van der Waals surface area contributed by atoms with Gasteiger partial charge in [0, 0.05) is 0 Å². The molecule has 20 heavy (non-hydrogen) atoms. The van der Waals surface area contributed by atoms with Crippen LogP contribution in [-0.4, -0.2) is 0 Å². The second-order valence-corrected chi connectivity index (χ2v) is 7.38. The Balaban J connectivity index is 2.24. The van der Waals surface area contributed by atoms with Crippen LogP contribution in [0.25, 0.3) is 0 Å². The smallest absolute Gasteiger partial charge is 0.0620 e. The summed E-state index contributed by atoms with van der Waals surface area (Å²) in [6.07, 6.45) is 0. The summed E-state index contributed by atoms with van der Waals surface area (Å²) < 4.78 is 0. The van der Waals surface area contributed by atoms with Gasteiger partial charge in [-0.1, -0.05) is 54.6 Å². The highest BCUT2D eigenvalue weighted by Gasteiger charge is 2.47. The summed E-state index contributed by atoms with van der Waals surface area (Å²) in [5.74, 6) is 0. The van der Waals surface area contributed by atoms with Gasteiger partial charge in [0.05, 0.1) is 0 Å². The van der Waals surface area contributed by atoms with E-state index in [-0.39, 0.29) is 0 Å². The largest absolute Gasteiger partial charge is 0.288 e. The van der Waals surface area contributed by atoms with E-state index in [1.54, 1.807) is 0 Å². The van der Waals surface area contributed by atoms with Crippen LogP contribution < -0.4 is 15.9 Å². The third-order valence-corrected chi connectivity index (χ3v) is 6.44. The van der Waals surface area contributed by atoms with Crippen molar-refractivity contribution in [3.8, 4) is 0 Å². The van der Waals surface area contributed by atoms with Crippen LogP contribution in [0.3, 0.4) is 0 Å². The Kier molecular flexibility index (Phi) is 3.64. The van der Waals surface area contributed by atoms with Crippen LogP contribution in [0, 0.1) is 0 Å². The molecule has 3 rings (SSSR count). The summed E-state index contributed by atoms with van der Waals surface area (Å²) in [5, 5.41) is 2.62. The lowest BCUT2D eigenvalue weighted by molar-refractivity contribution is 0.502. The summed E-state index contributed by atoms with van der Waals surface area (Å²) in [5.41, 5.74) is 0. The molecule has 0 spiro atoms. The molecule has 0 saturated carbocycles. The number of hydrogen-bond donors (Lipinski definition) is 0. The molecular formula is C18H15OP+. The molecule has 0 aromatic heterocycles. The van der Waals surface area contributed by atoms with E-state index in [0.29, 0.717) is 0 Å². The lowest BCUT2D eigenvalue weighted by Gasteiger charge is -2.16. The van der Waals surface area contributed by atoms with Crippen molar-refractivity contribution in [2.24, 2.45) is 0 Å². The summed E-state index contributed by atoms with van der Waals surface area (Å²) in [7, 11) is -2.78. The molecule has 0 fully saturated rings. The quantitative estimate of drug-likeness (QED) is 0.655. The first-order chi connectivity index (χ1) is 9.82. The summed E-state index contributed by atoms with van der Waals surface area (Å²) in [4.78, 5) is 13.8. The fraction of sp³-hybridized carbons (Fsp3) is 0. The zero-order valence-corrected chi connectivity index (χ0v) is 11.9. The van der Waals surface area contributed by atoms with Gasteiger partial charge in [-0.15, -0.1) is 0 Å². The van der Waals surface area contributed by atoms with Crippen molar-refractivity contribution in [1.82, 2.24) is 0 Å². The average molecular weight is 278 g/mol. The van der Waals surface area contributed by atoms with Crippen molar-refractivity contribution >= 4 is 23.4 Å². The molecular weight excluding hydrogens is 263 g/mol. The second kappa shape index (κ2) is 5.58. The van der Waals surface area contributed by atoms with Crippen LogP contribution in [0.4, 0.5) is 0 Å². The van der Waals surface area contributed by atoms with Gasteiger partial charge in [-0.25, -0.2) is 0 Å². The maximum atomic E-state index is 13.8. The Bertz CT molecular complexity index is 569. The highest BCUT2D eigenvalue weighted by Crippen LogP contribution is 2.51. The zero-order valence-electron chi connectivity index (χ0n) is 11.0. The molecule has 0 N–H and O–H groups in total. The minimum absolute atomic E-state index is 0.873. The Morgan fingerprint density at radius 1 is 0.450 bits per heavy atom. The first-order valence-corrected chi connectivity index (χ1v) is 8.29. The van der Waals surface area contributed by atoms with Crippen molar-refractivity contribution in [2.45, 2.75) is 0 Å². The van der Waals surface area contributed by atoms with E-state index in [0.717, 1.165) is 15.9 Å². The molecule has 0 heterocycles. The van der Waals surface area contributed by atoms with E-state index in [9.17, 15) is 4.89 Å². The van der Waals surface area contributed by atoms with Crippen molar-refractivity contribution in [2.75, 3.05) is 0 Å². The minimum Gasteiger partial charge on any atom is -0.0620 e. The van der Waals surface area contributed by atoms with Gasteiger partial charge >= 0.3 is 0 Å². The first-order valence-electron chi connectivity index (χ1n) is 6.59. The van der Waals surface area contributed by atoms with Crippen molar-refractivity contribution in [1.29, 1.82) is 0 Å². The van der Waals surface area contributed by atoms with Gasteiger partial charge in [-0.2, -0.15) is 0 Å². The third-order valence-electron chi connectivity index (χ3n) is 3.36. The number of rotatable bonds is 3. The van der Waals surface area contributed by atoms with Crippen LogP contribution in [0.2, 0.25) is 0 Å². The first kappa shape index (κ1) is 13.1. The van der Waals surface area contributed by atoms with E-state index in [2.05, 4.69) is 0 Å². The second-order valence-electron chi connectivity index (χ2n) is 4.62. The maximum Gasteiger partial charge on any atom is 0.288 e. The molecule has 0 unspecified atom stereocenters. The average Bonchev–Trinajstić information content (AvgIpc) is 2.56. The summed E-state index contributed by atoms with van der Waals surface area (Å²) in [6, 6.07) is 29.1. The topological polar surface area (TPSA) is 19.9 Å². The molecule has 3 aromatic rings. The molecule has 3 aromatic carbocycles. The van der Waals surface area contributed by atoms with Gasteiger partial charge in [-0.05, 0) is 41.3 Å². The molecule has 1 radical (unpaired) electrons. The third kappa shape index (κ3) is 2.27. The molecule has 0 aliphatic rings. The lowest BCUT2D eigenvalue weighted by atomic mass is 10.4. The molecule has 0 amide bonds. The number of hydrogen-bond acceptors (Lipinski definition) is 0. The molecule has 97 valence electrons. The van der Waals surface area contributed by atoms with Crippen LogP contribution >= 0.6 is 7.49 Å². The van der Waals surface area contributed by atoms with Crippen molar-refractivity contribution in [3.63, 3.8) is 0 Å². The summed E-state index contributed by atoms with van der Waals surface area (Å²) in [6.45, 7) is 0.